The first-order valence-electron chi connectivity index (χ1n) is 7.46. The van der Waals surface area contributed by atoms with E-state index in [1.54, 1.807) is 0 Å². The van der Waals surface area contributed by atoms with Crippen LogP contribution in [0.1, 0.15) is 17.8 Å². The van der Waals surface area contributed by atoms with Gasteiger partial charge in [0, 0.05) is 23.6 Å². The molecule has 134 valence electrons. The Morgan fingerprint density at radius 1 is 1.19 bits per heavy atom. The number of fused-ring (bicyclic) bond motifs is 1. The minimum absolute atomic E-state index is 0.0621. The van der Waals surface area contributed by atoms with Gasteiger partial charge in [-0.2, -0.15) is 13.2 Å². The van der Waals surface area contributed by atoms with Crippen LogP contribution in [-0.4, -0.2) is 26.0 Å². The predicted molar refractivity (Wildman–Crippen MR) is 88.7 cm³/mol. The second-order valence-corrected chi connectivity index (χ2v) is 5.81. The van der Waals surface area contributed by atoms with E-state index in [9.17, 15) is 18.0 Å². The number of carbonyl (C=O) groups is 1. The van der Waals surface area contributed by atoms with E-state index in [2.05, 4.69) is 15.0 Å². The molecule has 0 aliphatic carbocycles. The number of alkyl halides is 3. The molecule has 1 aromatic carbocycles. The van der Waals surface area contributed by atoms with Crippen molar-refractivity contribution in [1.29, 1.82) is 0 Å². The zero-order chi connectivity index (χ0) is 18.9. The Labute approximate surface area is 150 Å². The van der Waals surface area contributed by atoms with Crippen LogP contribution in [0.25, 0.3) is 22.2 Å². The zero-order valence-corrected chi connectivity index (χ0v) is 13.8. The monoisotopic (exact) mass is 381 g/mol. The SMILES string of the molecule is O=C(O)CCc1nc(Cl)c2ccc(-c3ncccc3C(F)(F)F)cc2n1. The second-order valence-electron chi connectivity index (χ2n) is 5.45. The molecule has 0 saturated heterocycles. The number of benzene rings is 1. The number of aryl methyl sites for hydroxylation is 1. The number of carboxylic acids is 1. The summed E-state index contributed by atoms with van der Waals surface area (Å²) >= 11 is 6.09. The summed E-state index contributed by atoms with van der Waals surface area (Å²) in [5.74, 6) is -0.805. The van der Waals surface area contributed by atoms with Crippen molar-refractivity contribution in [2.75, 3.05) is 0 Å². The minimum Gasteiger partial charge on any atom is -0.481 e. The normalized spacial score (nSPS) is 11.7. The van der Waals surface area contributed by atoms with Crippen molar-refractivity contribution in [3.05, 3.63) is 53.1 Å². The van der Waals surface area contributed by atoms with Crippen LogP contribution >= 0.6 is 11.6 Å². The lowest BCUT2D eigenvalue weighted by molar-refractivity contribution is -0.138. The lowest BCUT2D eigenvalue weighted by Crippen LogP contribution is -2.08. The van der Waals surface area contributed by atoms with Gasteiger partial charge < -0.3 is 5.11 Å². The van der Waals surface area contributed by atoms with E-state index < -0.39 is 17.7 Å². The van der Waals surface area contributed by atoms with Crippen molar-refractivity contribution >= 4 is 28.5 Å². The van der Waals surface area contributed by atoms with Crippen LogP contribution in [0.15, 0.2) is 36.5 Å². The van der Waals surface area contributed by atoms with Gasteiger partial charge in [-0.25, -0.2) is 9.97 Å². The molecule has 0 bridgehead atoms. The Morgan fingerprint density at radius 3 is 2.65 bits per heavy atom. The summed E-state index contributed by atoms with van der Waals surface area (Å²) in [6.45, 7) is 0. The van der Waals surface area contributed by atoms with E-state index in [0.29, 0.717) is 10.9 Å². The van der Waals surface area contributed by atoms with E-state index in [4.69, 9.17) is 16.7 Å². The van der Waals surface area contributed by atoms with Crippen LogP contribution in [0.3, 0.4) is 0 Å². The maximum atomic E-state index is 13.2. The van der Waals surface area contributed by atoms with Crippen LogP contribution in [0.2, 0.25) is 5.15 Å². The van der Waals surface area contributed by atoms with Crippen molar-refractivity contribution in [2.24, 2.45) is 0 Å². The molecule has 0 spiro atoms. The number of hydrogen-bond donors (Lipinski definition) is 1. The van der Waals surface area contributed by atoms with Gasteiger partial charge >= 0.3 is 12.1 Å². The Balaban J connectivity index is 2.11. The van der Waals surface area contributed by atoms with Crippen molar-refractivity contribution in [1.82, 2.24) is 15.0 Å². The number of pyridine rings is 1. The first-order valence-corrected chi connectivity index (χ1v) is 7.84. The van der Waals surface area contributed by atoms with E-state index in [0.717, 1.165) is 6.07 Å². The number of aliphatic carboxylic acids is 1. The molecule has 0 unspecified atom stereocenters. The molecular formula is C17H11ClF3N3O2. The summed E-state index contributed by atoms with van der Waals surface area (Å²) in [6, 6.07) is 6.59. The molecule has 1 N–H and O–H groups in total. The van der Waals surface area contributed by atoms with E-state index in [1.165, 1.54) is 30.5 Å². The third kappa shape index (κ3) is 3.75. The van der Waals surface area contributed by atoms with Gasteiger partial charge in [0.1, 0.15) is 11.0 Å². The number of carboxylic acid groups (broad SMARTS) is 1. The first-order chi connectivity index (χ1) is 12.3. The predicted octanol–water partition coefficient (Wildman–Crippen LogP) is 4.38. The fourth-order valence-corrected chi connectivity index (χ4v) is 2.74. The summed E-state index contributed by atoms with van der Waals surface area (Å²) in [6.07, 6.45) is -3.39. The van der Waals surface area contributed by atoms with Gasteiger partial charge in [-0.3, -0.25) is 9.78 Å². The van der Waals surface area contributed by atoms with Crippen molar-refractivity contribution in [3.8, 4) is 11.3 Å². The molecule has 5 nitrogen and oxygen atoms in total. The smallest absolute Gasteiger partial charge is 0.418 e. The third-order valence-corrected chi connectivity index (χ3v) is 3.93. The molecule has 3 aromatic rings. The van der Waals surface area contributed by atoms with Crippen molar-refractivity contribution in [2.45, 2.75) is 19.0 Å². The number of rotatable bonds is 4. The van der Waals surface area contributed by atoms with Gasteiger partial charge in [0.15, 0.2) is 0 Å². The molecule has 0 radical (unpaired) electrons. The summed E-state index contributed by atoms with van der Waals surface area (Å²) in [5, 5.41) is 9.32. The zero-order valence-electron chi connectivity index (χ0n) is 13.1. The van der Waals surface area contributed by atoms with Crippen molar-refractivity contribution < 1.29 is 23.1 Å². The van der Waals surface area contributed by atoms with Gasteiger partial charge in [-0.05, 0) is 24.3 Å². The molecule has 9 heteroatoms. The summed E-state index contributed by atoms with van der Waals surface area (Å²) in [7, 11) is 0. The van der Waals surface area contributed by atoms with Crippen LogP contribution in [0.5, 0.6) is 0 Å². The maximum Gasteiger partial charge on any atom is 0.418 e. The molecule has 0 atom stereocenters. The van der Waals surface area contributed by atoms with Gasteiger partial charge in [0.05, 0.1) is 23.2 Å². The Morgan fingerprint density at radius 2 is 1.96 bits per heavy atom. The highest BCUT2D eigenvalue weighted by atomic mass is 35.5. The van der Waals surface area contributed by atoms with Gasteiger partial charge in [0.25, 0.3) is 0 Å². The second kappa shape index (κ2) is 6.87. The van der Waals surface area contributed by atoms with Crippen molar-refractivity contribution in [3.63, 3.8) is 0 Å². The van der Waals surface area contributed by atoms with Gasteiger partial charge in [-0.1, -0.05) is 17.7 Å². The van der Waals surface area contributed by atoms with Gasteiger partial charge in [-0.15, -0.1) is 0 Å². The lowest BCUT2D eigenvalue weighted by atomic mass is 10.0. The van der Waals surface area contributed by atoms with E-state index in [-0.39, 0.29) is 35.1 Å². The molecule has 26 heavy (non-hydrogen) atoms. The molecule has 0 amide bonds. The molecule has 0 saturated carbocycles. The summed E-state index contributed by atoms with van der Waals surface area (Å²) in [4.78, 5) is 22.8. The molecule has 3 rings (SSSR count). The number of hydrogen-bond acceptors (Lipinski definition) is 4. The largest absolute Gasteiger partial charge is 0.481 e. The third-order valence-electron chi connectivity index (χ3n) is 3.65. The van der Waals surface area contributed by atoms with Crippen LogP contribution in [-0.2, 0) is 17.4 Å². The standard InChI is InChI=1S/C17H11ClF3N3O2/c18-16-10-4-3-9(15-11(17(19,20)21)2-1-7-22-15)8-12(10)23-13(24-16)5-6-14(25)26/h1-4,7-8H,5-6H2,(H,25,26). The molecule has 0 fully saturated rings. The van der Waals surface area contributed by atoms with Crippen LogP contribution in [0, 0.1) is 0 Å². The Hall–Kier alpha value is -2.74. The van der Waals surface area contributed by atoms with E-state index >= 15 is 0 Å². The van der Waals surface area contributed by atoms with Gasteiger partial charge in [0.2, 0.25) is 0 Å². The fourth-order valence-electron chi connectivity index (χ4n) is 2.48. The Bertz CT molecular complexity index is 993. The average molecular weight is 382 g/mol. The first kappa shape index (κ1) is 18.1. The quantitative estimate of drug-likeness (QED) is 0.679. The topological polar surface area (TPSA) is 76.0 Å². The summed E-state index contributed by atoms with van der Waals surface area (Å²) < 4.78 is 39.6. The highest BCUT2D eigenvalue weighted by molar-refractivity contribution is 6.34. The average Bonchev–Trinajstić information content (AvgIpc) is 2.59. The highest BCUT2D eigenvalue weighted by Crippen LogP contribution is 2.36. The molecule has 0 aliphatic rings. The minimum atomic E-state index is -4.55. The molecule has 2 aromatic heterocycles. The molecular weight excluding hydrogens is 371 g/mol. The number of nitrogens with zero attached hydrogens (tertiary/aromatic N) is 3. The van der Waals surface area contributed by atoms with E-state index in [1.807, 2.05) is 0 Å². The maximum absolute atomic E-state index is 13.2. The summed E-state index contributed by atoms with van der Waals surface area (Å²) in [5.41, 5.74) is -0.527. The number of halogens is 4. The number of aromatic nitrogens is 3. The Kier molecular flexibility index (Phi) is 4.78. The fraction of sp³-hybridized carbons (Fsp3) is 0.176. The van der Waals surface area contributed by atoms with Crippen LogP contribution < -0.4 is 0 Å². The highest BCUT2D eigenvalue weighted by Gasteiger charge is 2.34. The molecule has 2 heterocycles. The molecule has 0 aliphatic heterocycles. The van der Waals surface area contributed by atoms with Crippen LogP contribution in [0.4, 0.5) is 13.2 Å². The lowest BCUT2D eigenvalue weighted by Gasteiger charge is -2.12.